The van der Waals surface area contributed by atoms with Gasteiger partial charge in [0.05, 0.1) is 5.71 Å². The van der Waals surface area contributed by atoms with Crippen molar-refractivity contribution >= 4 is 11.5 Å². The molecule has 25 heavy (non-hydrogen) atoms. The van der Waals surface area contributed by atoms with Gasteiger partial charge in [0.2, 0.25) is 0 Å². The number of ether oxygens (including phenoxy) is 1. The number of allylic oxidation sites excluding steroid dienone is 2. The van der Waals surface area contributed by atoms with Crippen molar-refractivity contribution in [2.75, 3.05) is 5.73 Å². The maximum absolute atomic E-state index is 12.5. The molecule has 0 saturated heterocycles. The van der Waals surface area contributed by atoms with Crippen LogP contribution in [0.4, 0.5) is 14.6 Å². The Kier molecular flexibility index (Phi) is 4.92. The molecule has 1 aromatic rings. The molecule has 0 aromatic carbocycles. The molecule has 3 atom stereocenters. The maximum atomic E-state index is 12.5. The van der Waals surface area contributed by atoms with E-state index in [1.54, 1.807) is 6.08 Å². The molecule has 1 heterocycles. The van der Waals surface area contributed by atoms with E-state index in [1.807, 2.05) is 0 Å². The number of nitrogens with two attached hydrogens (primary N) is 1. The van der Waals surface area contributed by atoms with Gasteiger partial charge in [-0.05, 0) is 50.7 Å². The number of pyridine rings is 1. The summed E-state index contributed by atoms with van der Waals surface area (Å²) in [4.78, 5) is 3.87. The Bertz CT molecular complexity index is 680. The smallest absolute Gasteiger partial charge is 0.387 e. The molecule has 3 rings (SSSR count). The summed E-state index contributed by atoms with van der Waals surface area (Å²) < 4.78 is 29.3. The molecule has 2 aliphatic carbocycles. The van der Waals surface area contributed by atoms with Crippen molar-refractivity contribution < 1.29 is 13.5 Å². The zero-order chi connectivity index (χ0) is 18.1. The number of anilines is 1. The summed E-state index contributed by atoms with van der Waals surface area (Å²) >= 11 is 0. The molecule has 5 nitrogen and oxygen atoms in total. The summed E-state index contributed by atoms with van der Waals surface area (Å²) in [6.45, 7) is 1.15. The van der Waals surface area contributed by atoms with Crippen LogP contribution in [-0.4, -0.2) is 23.3 Å². The molecular formula is C18H24F2N4O. The van der Waals surface area contributed by atoms with Crippen LogP contribution in [0.1, 0.15) is 38.7 Å². The topological polar surface area (TPSA) is 84.0 Å². The summed E-state index contributed by atoms with van der Waals surface area (Å²) in [6, 6.07) is 1.61. The number of nitrogen functional groups attached to an aromatic ring is 1. The second-order valence-electron chi connectivity index (χ2n) is 7.08. The molecule has 0 spiro atoms. The van der Waals surface area contributed by atoms with E-state index in [-0.39, 0.29) is 23.3 Å². The van der Waals surface area contributed by atoms with Crippen LogP contribution in [0.2, 0.25) is 0 Å². The van der Waals surface area contributed by atoms with E-state index in [9.17, 15) is 8.78 Å². The lowest BCUT2D eigenvalue weighted by Gasteiger charge is -2.17. The summed E-state index contributed by atoms with van der Waals surface area (Å²) in [7, 11) is 0. The molecule has 2 aliphatic rings. The fraction of sp³-hybridized carbons (Fsp3) is 0.556. The van der Waals surface area contributed by atoms with Gasteiger partial charge in [0.15, 0.2) is 11.6 Å². The molecule has 2 saturated carbocycles. The van der Waals surface area contributed by atoms with Gasteiger partial charge in [0.25, 0.3) is 0 Å². The van der Waals surface area contributed by atoms with Gasteiger partial charge in [0.1, 0.15) is 0 Å². The molecule has 0 radical (unpaired) electrons. The van der Waals surface area contributed by atoms with Crippen molar-refractivity contribution in [3.05, 3.63) is 29.6 Å². The highest BCUT2D eigenvalue weighted by atomic mass is 19.3. The minimum Gasteiger partial charge on any atom is -0.431 e. The lowest BCUT2D eigenvalue weighted by molar-refractivity contribution is -0.0495. The van der Waals surface area contributed by atoms with E-state index in [2.05, 4.69) is 28.9 Å². The minimum absolute atomic E-state index is 0.113. The fourth-order valence-corrected chi connectivity index (χ4v) is 3.88. The zero-order valence-corrected chi connectivity index (χ0v) is 14.4. The normalized spacial score (nSPS) is 25.2. The predicted octanol–water partition coefficient (Wildman–Crippen LogP) is 3.56. The molecular weight excluding hydrogens is 326 g/mol. The molecule has 136 valence electrons. The van der Waals surface area contributed by atoms with E-state index in [0.29, 0.717) is 23.3 Å². The van der Waals surface area contributed by atoms with Crippen molar-refractivity contribution in [1.29, 1.82) is 5.41 Å². The highest BCUT2D eigenvalue weighted by Gasteiger charge is 2.54. The summed E-state index contributed by atoms with van der Waals surface area (Å²) in [6.07, 6.45) is 6.98. The Balaban J connectivity index is 1.81. The van der Waals surface area contributed by atoms with Crippen LogP contribution in [0.25, 0.3) is 0 Å². The van der Waals surface area contributed by atoms with Crippen LogP contribution in [0.15, 0.2) is 24.0 Å². The Morgan fingerprint density at radius 3 is 2.68 bits per heavy atom. The first kappa shape index (κ1) is 17.6. The standard InChI is InChI=1S/C18H24F2N4O/c1-9(2)24-14(16-11-4-3-5-12(11)16)7-13(21)10-6-15(25-18(19)20)17(22)23-8-10/h6-9,11-12,16,18,21,24H,3-5H2,1-2H3,(H2,22,23)/b14-7-,21-13?/t11-,12+,16+. The van der Waals surface area contributed by atoms with Gasteiger partial charge in [-0.2, -0.15) is 8.78 Å². The minimum atomic E-state index is -2.98. The molecule has 0 aliphatic heterocycles. The van der Waals surface area contributed by atoms with E-state index < -0.39 is 6.61 Å². The number of aromatic nitrogens is 1. The van der Waals surface area contributed by atoms with Gasteiger partial charge < -0.3 is 21.2 Å². The number of hydrogen-bond acceptors (Lipinski definition) is 5. The Morgan fingerprint density at radius 2 is 2.08 bits per heavy atom. The predicted molar refractivity (Wildman–Crippen MR) is 92.8 cm³/mol. The first-order valence-electron chi connectivity index (χ1n) is 8.64. The van der Waals surface area contributed by atoms with Crippen molar-refractivity contribution in [2.45, 2.75) is 45.8 Å². The van der Waals surface area contributed by atoms with Crippen LogP contribution in [0, 0.1) is 23.2 Å². The highest BCUT2D eigenvalue weighted by molar-refractivity contribution is 6.07. The molecule has 0 amide bonds. The molecule has 7 heteroatoms. The van der Waals surface area contributed by atoms with Crippen LogP contribution in [0.3, 0.4) is 0 Å². The van der Waals surface area contributed by atoms with Gasteiger partial charge in [-0.3, -0.25) is 0 Å². The number of rotatable bonds is 7. The Hall–Kier alpha value is -2.18. The number of halogens is 2. The van der Waals surface area contributed by atoms with Crippen LogP contribution in [0.5, 0.6) is 5.75 Å². The van der Waals surface area contributed by atoms with Crippen LogP contribution in [-0.2, 0) is 0 Å². The highest BCUT2D eigenvalue weighted by Crippen LogP contribution is 2.60. The first-order valence-corrected chi connectivity index (χ1v) is 8.64. The van der Waals surface area contributed by atoms with Gasteiger partial charge >= 0.3 is 6.61 Å². The zero-order valence-electron chi connectivity index (χ0n) is 14.4. The SMILES string of the molecule is CC(C)N/C(=C\C(=N)c1cnc(N)c(OC(F)F)c1)[C@H]1[C@@H]2CCC[C@@H]21. The summed E-state index contributed by atoms with van der Waals surface area (Å²) in [5, 5.41) is 11.8. The number of alkyl halides is 2. The lowest BCUT2D eigenvalue weighted by Crippen LogP contribution is -2.25. The second-order valence-corrected chi connectivity index (χ2v) is 7.08. The van der Waals surface area contributed by atoms with E-state index in [1.165, 1.54) is 31.5 Å². The fourth-order valence-electron chi connectivity index (χ4n) is 3.88. The largest absolute Gasteiger partial charge is 0.431 e. The second kappa shape index (κ2) is 6.98. The molecule has 2 fully saturated rings. The molecule has 1 aromatic heterocycles. The van der Waals surface area contributed by atoms with Crippen molar-refractivity contribution in [3.8, 4) is 5.75 Å². The van der Waals surface area contributed by atoms with E-state index in [0.717, 1.165) is 5.70 Å². The molecule has 0 bridgehead atoms. The van der Waals surface area contributed by atoms with Crippen LogP contribution >= 0.6 is 0 Å². The number of nitrogens with zero attached hydrogens (tertiary/aromatic N) is 1. The molecule has 4 N–H and O–H groups in total. The average Bonchev–Trinajstić information content (AvgIpc) is 3.00. The third kappa shape index (κ3) is 3.91. The third-order valence-corrected chi connectivity index (χ3v) is 4.93. The monoisotopic (exact) mass is 350 g/mol. The van der Waals surface area contributed by atoms with Gasteiger partial charge in [-0.25, -0.2) is 4.98 Å². The first-order chi connectivity index (χ1) is 11.9. The van der Waals surface area contributed by atoms with E-state index in [4.69, 9.17) is 11.1 Å². The third-order valence-electron chi connectivity index (χ3n) is 4.93. The van der Waals surface area contributed by atoms with Gasteiger partial charge in [-0.15, -0.1) is 0 Å². The Morgan fingerprint density at radius 1 is 1.40 bits per heavy atom. The Labute approximate surface area is 146 Å². The van der Waals surface area contributed by atoms with Crippen LogP contribution < -0.4 is 15.8 Å². The number of hydrogen-bond donors (Lipinski definition) is 3. The maximum Gasteiger partial charge on any atom is 0.387 e. The number of nitrogens with one attached hydrogen (secondary N) is 2. The lowest BCUT2D eigenvalue weighted by atomic mass is 10.0. The summed E-state index contributed by atoms with van der Waals surface area (Å²) in [5.41, 5.74) is 7.23. The van der Waals surface area contributed by atoms with Gasteiger partial charge in [0, 0.05) is 29.4 Å². The van der Waals surface area contributed by atoms with Crippen molar-refractivity contribution in [1.82, 2.24) is 10.3 Å². The van der Waals surface area contributed by atoms with E-state index >= 15 is 0 Å². The molecule has 0 unspecified atom stereocenters. The summed E-state index contributed by atoms with van der Waals surface area (Å²) in [5.74, 6) is 1.60. The van der Waals surface area contributed by atoms with Gasteiger partial charge in [-0.1, -0.05) is 6.42 Å². The van der Waals surface area contributed by atoms with Crippen molar-refractivity contribution in [2.24, 2.45) is 17.8 Å². The van der Waals surface area contributed by atoms with Crippen molar-refractivity contribution in [3.63, 3.8) is 0 Å². The number of fused-ring (bicyclic) bond motifs is 1. The quantitative estimate of drug-likeness (QED) is 0.657. The average molecular weight is 350 g/mol.